The number of aliphatic hydroxyl groups is 1. The third kappa shape index (κ3) is 4.75. The maximum Gasteiger partial charge on any atom is 0.417 e. The number of alkyl halides is 3. The lowest BCUT2D eigenvalue weighted by Gasteiger charge is -2.33. The molecule has 4 nitrogen and oxygen atoms in total. The highest BCUT2D eigenvalue weighted by atomic mass is 19.4. The second-order valence-electron chi connectivity index (χ2n) is 9.35. The number of amides is 1. The van der Waals surface area contributed by atoms with Crippen molar-refractivity contribution >= 4 is 11.5 Å². The van der Waals surface area contributed by atoms with Crippen molar-refractivity contribution in [1.82, 2.24) is 10.6 Å². The van der Waals surface area contributed by atoms with Crippen molar-refractivity contribution in [2.45, 2.75) is 57.0 Å². The van der Waals surface area contributed by atoms with E-state index in [1.54, 1.807) is 6.07 Å². The van der Waals surface area contributed by atoms with Gasteiger partial charge in [-0.2, -0.15) is 13.2 Å². The summed E-state index contributed by atoms with van der Waals surface area (Å²) in [5.74, 6) is -0.150. The van der Waals surface area contributed by atoms with Crippen LogP contribution in [0.3, 0.4) is 0 Å². The summed E-state index contributed by atoms with van der Waals surface area (Å²) in [5, 5.41) is 15.6. The number of allylic oxidation sites excluding steroid dienone is 3. The summed E-state index contributed by atoms with van der Waals surface area (Å²) in [4.78, 5) is 12.7. The highest BCUT2D eigenvalue weighted by Gasteiger charge is 2.37. The van der Waals surface area contributed by atoms with E-state index in [1.807, 2.05) is 42.5 Å². The van der Waals surface area contributed by atoms with Gasteiger partial charge >= 0.3 is 6.18 Å². The van der Waals surface area contributed by atoms with Gasteiger partial charge in [-0.25, -0.2) is 0 Å². The largest absolute Gasteiger partial charge is 0.417 e. The minimum absolute atomic E-state index is 0.0803. The molecule has 2 aromatic rings. The molecule has 0 spiro atoms. The molecule has 1 heterocycles. The fraction of sp³-hybridized carbons (Fsp3) is 0.370. The highest BCUT2D eigenvalue weighted by Crippen LogP contribution is 2.45. The van der Waals surface area contributed by atoms with Crippen LogP contribution in [-0.4, -0.2) is 17.4 Å². The smallest absolute Gasteiger partial charge is 0.356 e. The monoisotopic (exact) mass is 468 g/mol. The summed E-state index contributed by atoms with van der Waals surface area (Å²) in [5.41, 5.74) is 3.36. The van der Waals surface area contributed by atoms with Gasteiger partial charge in [-0.15, -0.1) is 0 Å². The van der Waals surface area contributed by atoms with E-state index in [1.165, 1.54) is 6.07 Å². The van der Waals surface area contributed by atoms with Gasteiger partial charge in [0.15, 0.2) is 0 Å². The Balaban J connectivity index is 1.43. The molecule has 2 atom stereocenters. The molecule has 1 aliphatic heterocycles. The number of nitrogens with one attached hydrogen (secondary N) is 2. The van der Waals surface area contributed by atoms with E-state index in [9.17, 15) is 23.1 Å². The summed E-state index contributed by atoms with van der Waals surface area (Å²) < 4.78 is 41.6. The number of benzene rings is 2. The molecular weight excluding hydrogens is 441 g/mol. The first-order valence-electron chi connectivity index (χ1n) is 11.7. The van der Waals surface area contributed by atoms with Gasteiger partial charge in [-0.3, -0.25) is 4.79 Å². The van der Waals surface area contributed by atoms with Crippen molar-refractivity contribution < 1.29 is 23.1 Å². The minimum atomic E-state index is -4.41. The van der Waals surface area contributed by atoms with E-state index >= 15 is 0 Å². The summed E-state index contributed by atoms with van der Waals surface area (Å²) in [6, 6.07) is 14.4. The number of hydrogen-bond acceptors (Lipinski definition) is 3. The Labute approximate surface area is 196 Å². The summed E-state index contributed by atoms with van der Waals surface area (Å²) in [6.45, 7) is 0. The first-order chi connectivity index (χ1) is 16.3. The summed E-state index contributed by atoms with van der Waals surface area (Å²) in [6.07, 6.45) is 0.153. The van der Waals surface area contributed by atoms with E-state index in [4.69, 9.17) is 0 Å². The zero-order valence-electron chi connectivity index (χ0n) is 18.7. The van der Waals surface area contributed by atoms with Gasteiger partial charge in [0, 0.05) is 23.6 Å². The second kappa shape index (κ2) is 8.95. The van der Waals surface area contributed by atoms with Crippen LogP contribution in [0.1, 0.15) is 60.3 Å². The maximum atomic E-state index is 13.9. The van der Waals surface area contributed by atoms with E-state index in [0.29, 0.717) is 42.5 Å². The molecule has 0 aromatic heterocycles. The molecule has 0 bridgehead atoms. The van der Waals surface area contributed by atoms with Crippen LogP contribution in [0.15, 0.2) is 65.9 Å². The van der Waals surface area contributed by atoms with Gasteiger partial charge < -0.3 is 15.7 Å². The fourth-order valence-corrected chi connectivity index (χ4v) is 5.03. The van der Waals surface area contributed by atoms with Crippen molar-refractivity contribution in [1.29, 1.82) is 0 Å². The van der Waals surface area contributed by atoms with E-state index in [-0.39, 0.29) is 23.3 Å². The quantitative estimate of drug-likeness (QED) is 0.561. The molecule has 34 heavy (non-hydrogen) atoms. The molecule has 0 radical (unpaired) electrons. The molecule has 3 aliphatic rings. The third-order valence-corrected chi connectivity index (χ3v) is 6.95. The summed E-state index contributed by atoms with van der Waals surface area (Å²) >= 11 is 0. The van der Waals surface area contributed by atoms with Crippen molar-refractivity contribution in [3.8, 4) is 0 Å². The molecular formula is C27H27F3N2O2. The van der Waals surface area contributed by atoms with E-state index in [2.05, 4.69) is 10.6 Å². The Morgan fingerprint density at radius 2 is 1.74 bits per heavy atom. The summed E-state index contributed by atoms with van der Waals surface area (Å²) in [7, 11) is 0. The lowest BCUT2D eigenvalue weighted by atomic mass is 9.81. The number of hydrogen-bond donors (Lipinski definition) is 3. The Bertz CT molecular complexity index is 1150. The van der Waals surface area contributed by atoms with Gasteiger partial charge in [-0.05, 0) is 66.4 Å². The predicted octanol–water partition coefficient (Wildman–Crippen LogP) is 5.26. The maximum absolute atomic E-state index is 13.9. The zero-order chi connectivity index (χ0) is 23.9. The van der Waals surface area contributed by atoms with Crippen LogP contribution in [0.2, 0.25) is 0 Å². The standard InChI is InChI=1S/C27H27F3N2O2/c28-27(29,30)23-15-20(17-6-7-17)12-13-21(23)18-8-10-19(11-9-18)24-22(25(33)32-26(34)31-24)14-16-4-2-1-3-5-16/h1-5,8,12-13,15,17,19,26,31,34H,6-7,9-11,14H2,(H,32,33). The van der Waals surface area contributed by atoms with Gasteiger partial charge in [0.2, 0.25) is 6.35 Å². The Hall–Kier alpha value is -3.06. The van der Waals surface area contributed by atoms with Crippen molar-refractivity contribution in [3.05, 3.63) is 88.1 Å². The number of halogens is 3. The first-order valence-corrected chi connectivity index (χ1v) is 11.7. The normalized spacial score (nSPS) is 23.3. The Morgan fingerprint density at radius 1 is 0.971 bits per heavy atom. The second-order valence-corrected chi connectivity index (χ2v) is 9.35. The molecule has 178 valence electrons. The average Bonchev–Trinajstić information content (AvgIpc) is 3.66. The molecule has 2 aromatic carbocycles. The van der Waals surface area contributed by atoms with Crippen molar-refractivity contribution in [3.63, 3.8) is 0 Å². The van der Waals surface area contributed by atoms with Crippen LogP contribution in [0.4, 0.5) is 13.2 Å². The zero-order valence-corrected chi connectivity index (χ0v) is 18.7. The van der Waals surface area contributed by atoms with Gasteiger partial charge in [0.25, 0.3) is 5.91 Å². The fourth-order valence-electron chi connectivity index (χ4n) is 5.03. The minimum Gasteiger partial charge on any atom is -0.356 e. The van der Waals surface area contributed by atoms with Crippen LogP contribution in [-0.2, 0) is 17.4 Å². The number of carbonyl (C=O) groups excluding carboxylic acids is 1. The third-order valence-electron chi connectivity index (χ3n) is 6.95. The first kappa shape index (κ1) is 22.7. The van der Waals surface area contributed by atoms with Crippen molar-refractivity contribution in [2.75, 3.05) is 0 Å². The molecule has 2 unspecified atom stereocenters. The molecule has 7 heteroatoms. The number of rotatable bonds is 5. The predicted molar refractivity (Wildman–Crippen MR) is 123 cm³/mol. The highest BCUT2D eigenvalue weighted by molar-refractivity contribution is 5.95. The van der Waals surface area contributed by atoms with Crippen LogP contribution in [0, 0.1) is 5.92 Å². The number of carbonyl (C=O) groups is 1. The van der Waals surface area contributed by atoms with Crippen LogP contribution in [0.5, 0.6) is 0 Å². The lowest BCUT2D eigenvalue weighted by Crippen LogP contribution is -2.52. The van der Waals surface area contributed by atoms with Crippen LogP contribution < -0.4 is 10.6 Å². The van der Waals surface area contributed by atoms with Gasteiger partial charge in [0.1, 0.15) is 0 Å². The Morgan fingerprint density at radius 3 is 2.38 bits per heavy atom. The molecule has 1 amide bonds. The number of aliphatic hydroxyl groups excluding tert-OH is 1. The molecule has 1 saturated carbocycles. The van der Waals surface area contributed by atoms with Crippen LogP contribution in [0.25, 0.3) is 5.57 Å². The van der Waals surface area contributed by atoms with Crippen LogP contribution >= 0.6 is 0 Å². The van der Waals surface area contributed by atoms with Crippen molar-refractivity contribution in [2.24, 2.45) is 5.92 Å². The lowest BCUT2D eigenvalue weighted by molar-refractivity contribution is -0.137. The van der Waals surface area contributed by atoms with Gasteiger partial charge in [-0.1, -0.05) is 48.5 Å². The molecule has 5 rings (SSSR count). The van der Waals surface area contributed by atoms with Gasteiger partial charge in [0.05, 0.1) is 5.56 Å². The topological polar surface area (TPSA) is 61.4 Å². The SMILES string of the molecule is O=C1NC(O)NC(C2CC=C(c3ccc(C4CC4)cc3C(F)(F)F)CC2)=C1Cc1ccccc1. The van der Waals surface area contributed by atoms with E-state index < -0.39 is 18.1 Å². The molecule has 3 N–H and O–H groups in total. The molecule has 1 fully saturated rings. The Kier molecular flexibility index (Phi) is 5.98. The molecule has 0 saturated heterocycles. The molecule has 2 aliphatic carbocycles. The van der Waals surface area contributed by atoms with E-state index in [0.717, 1.165) is 24.0 Å². The average molecular weight is 469 g/mol.